The molecule has 0 atom stereocenters. The van der Waals surface area contributed by atoms with Crippen molar-refractivity contribution in [1.29, 1.82) is 0 Å². The van der Waals surface area contributed by atoms with Gasteiger partial charge >= 0.3 is 6.09 Å². The molecule has 0 aliphatic heterocycles. The van der Waals surface area contributed by atoms with Gasteiger partial charge in [0.1, 0.15) is 27.9 Å². The summed E-state index contributed by atoms with van der Waals surface area (Å²) in [4.78, 5) is 11.6. The fourth-order valence-corrected chi connectivity index (χ4v) is 1.58. The molecule has 0 radical (unpaired) electrons. The van der Waals surface area contributed by atoms with Gasteiger partial charge in [-0.3, -0.25) is 5.32 Å². The van der Waals surface area contributed by atoms with Gasteiger partial charge in [-0.05, 0) is 39.8 Å². The predicted octanol–water partition coefficient (Wildman–Crippen LogP) is 4.22. The second-order valence-corrected chi connectivity index (χ2v) is 5.17. The molecular weight excluding hydrogens is 273 g/mol. The van der Waals surface area contributed by atoms with Gasteiger partial charge in [0.05, 0.1) is 6.61 Å². The molecule has 106 valence electrons. The Morgan fingerprint density at radius 3 is 2.58 bits per heavy atom. The van der Waals surface area contributed by atoms with E-state index in [1.807, 2.05) is 0 Å². The minimum atomic E-state index is -0.776. The molecule has 0 aromatic heterocycles. The zero-order chi connectivity index (χ0) is 14.6. The van der Waals surface area contributed by atoms with Crippen molar-refractivity contribution in [2.24, 2.45) is 0 Å². The van der Waals surface area contributed by atoms with Gasteiger partial charge in [0.25, 0.3) is 0 Å². The van der Waals surface area contributed by atoms with Crippen LogP contribution >= 0.6 is 11.6 Å². The van der Waals surface area contributed by atoms with Crippen molar-refractivity contribution in [2.45, 2.75) is 33.3 Å². The van der Waals surface area contributed by atoms with Crippen molar-refractivity contribution in [3.63, 3.8) is 0 Å². The Kier molecular flexibility index (Phi) is 5.00. The first-order valence-electron chi connectivity index (χ1n) is 5.85. The molecule has 0 fully saturated rings. The Hall–Kier alpha value is -1.49. The SMILES string of the molecule is CCOc1ccc(F)c(NC(=O)OC(C)(C)C)c1Cl. The maximum absolute atomic E-state index is 13.7. The molecule has 0 heterocycles. The lowest BCUT2D eigenvalue weighted by Crippen LogP contribution is -2.27. The van der Waals surface area contributed by atoms with Crippen LogP contribution in [0.3, 0.4) is 0 Å². The van der Waals surface area contributed by atoms with Gasteiger partial charge in [0, 0.05) is 0 Å². The molecule has 1 aromatic rings. The van der Waals surface area contributed by atoms with E-state index in [1.165, 1.54) is 12.1 Å². The number of amides is 1. The molecule has 1 amide bonds. The number of rotatable bonds is 3. The summed E-state index contributed by atoms with van der Waals surface area (Å²) in [6.07, 6.45) is -0.776. The van der Waals surface area contributed by atoms with Crippen LogP contribution in [0.2, 0.25) is 5.02 Å². The molecule has 0 unspecified atom stereocenters. The van der Waals surface area contributed by atoms with Crippen molar-refractivity contribution < 1.29 is 18.7 Å². The van der Waals surface area contributed by atoms with Gasteiger partial charge in [-0.15, -0.1) is 0 Å². The van der Waals surface area contributed by atoms with Crippen molar-refractivity contribution in [3.05, 3.63) is 23.0 Å². The van der Waals surface area contributed by atoms with Crippen molar-refractivity contribution in [2.75, 3.05) is 11.9 Å². The monoisotopic (exact) mass is 289 g/mol. The first-order valence-corrected chi connectivity index (χ1v) is 6.23. The Balaban J connectivity index is 2.94. The summed E-state index contributed by atoms with van der Waals surface area (Å²) in [6.45, 7) is 7.29. The third kappa shape index (κ3) is 4.59. The average Bonchev–Trinajstić information content (AvgIpc) is 2.26. The smallest absolute Gasteiger partial charge is 0.412 e. The normalized spacial score (nSPS) is 11.1. The number of ether oxygens (including phenoxy) is 2. The molecule has 19 heavy (non-hydrogen) atoms. The second-order valence-electron chi connectivity index (χ2n) is 4.79. The lowest BCUT2D eigenvalue weighted by atomic mass is 10.2. The van der Waals surface area contributed by atoms with Crippen LogP contribution in [0.25, 0.3) is 0 Å². The largest absolute Gasteiger partial charge is 0.492 e. The number of hydrogen-bond donors (Lipinski definition) is 1. The third-order valence-corrected chi connectivity index (χ3v) is 2.36. The molecule has 1 rings (SSSR count). The van der Waals surface area contributed by atoms with Gasteiger partial charge in [-0.1, -0.05) is 11.6 Å². The standard InChI is InChI=1S/C13H17ClFNO3/c1-5-18-9-7-6-8(15)11(10(9)14)16-12(17)19-13(2,3)4/h6-7H,5H2,1-4H3,(H,16,17). The molecule has 0 spiro atoms. The van der Waals surface area contributed by atoms with Gasteiger partial charge in [-0.2, -0.15) is 0 Å². The fourth-order valence-electron chi connectivity index (χ4n) is 1.32. The van der Waals surface area contributed by atoms with E-state index in [2.05, 4.69) is 5.32 Å². The van der Waals surface area contributed by atoms with E-state index in [-0.39, 0.29) is 10.7 Å². The number of carbonyl (C=O) groups excluding carboxylic acids is 1. The molecule has 6 heteroatoms. The van der Waals surface area contributed by atoms with E-state index >= 15 is 0 Å². The first-order chi connectivity index (χ1) is 8.74. The first kappa shape index (κ1) is 15.6. The summed E-state index contributed by atoms with van der Waals surface area (Å²) in [6, 6.07) is 2.57. The predicted molar refractivity (Wildman–Crippen MR) is 72.4 cm³/mol. The Morgan fingerprint density at radius 1 is 1.42 bits per heavy atom. The second kappa shape index (κ2) is 6.10. The van der Waals surface area contributed by atoms with Crippen LogP contribution in [0.5, 0.6) is 5.75 Å². The molecule has 4 nitrogen and oxygen atoms in total. The van der Waals surface area contributed by atoms with Crippen molar-refractivity contribution >= 4 is 23.4 Å². The summed E-state index contributed by atoms with van der Waals surface area (Å²) in [7, 11) is 0. The number of hydrogen-bond acceptors (Lipinski definition) is 3. The van der Waals surface area contributed by atoms with Gasteiger partial charge in [-0.25, -0.2) is 9.18 Å². The third-order valence-electron chi connectivity index (χ3n) is 1.98. The van der Waals surface area contributed by atoms with Crippen LogP contribution in [-0.2, 0) is 4.74 Å². The van der Waals surface area contributed by atoms with Gasteiger partial charge in [0.15, 0.2) is 0 Å². The van der Waals surface area contributed by atoms with Crippen LogP contribution in [0.1, 0.15) is 27.7 Å². The maximum Gasteiger partial charge on any atom is 0.412 e. The van der Waals surface area contributed by atoms with Gasteiger partial charge < -0.3 is 9.47 Å². The van der Waals surface area contributed by atoms with Crippen LogP contribution in [-0.4, -0.2) is 18.3 Å². The van der Waals surface area contributed by atoms with E-state index in [0.29, 0.717) is 12.4 Å². The van der Waals surface area contributed by atoms with Crippen molar-refractivity contribution in [1.82, 2.24) is 0 Å². The molecule has 0 aliphatic carbocycles. The maximum atomic E-state index is 13.7. The molecule has 0 aliphatic rings. The van der Waals surface area contributed by atoms with Gasteiger partial charge in [0.2, 0.25) is 0 Å². The lowest BCUT2D eigenvalue weighted by molar-refractivity contribution is 0.0635. The number of anilines is 1. The highest BCUT2D eigenvalue weighted by Crippen LogP contribution is 2.34. The average molecular weight is 290 g/mol. The number of halogens is 2. The highest BCUT2D eigenvalue weighted by Gasteiger charge is 2.20. The number of nitrogens with one attached hydrogen (secondary N) is 1. The Bertz CT molecular complexity index is 472. The van der Waals surface area contributed by atoms with E-state index < -0.39 is 17.5 Å². The van der Waals surface area contributed by atoms with E-state index in [1.54, 1.807) is 27.7 Å². The molecule has 0 saturated carbocycles. The quantitative estimate of drug-likeness (QED) is 0.906. The molecule has 0 saturated heterocycles. The molecular formula is C13H17ClFNO3. The number of benzene rings is 1. The summed E-state index contributed by atoms with van der Waals surface area (Å²) >= 11 is 5.97. The van der Waals surface area contributed by atoms with Crippen molar-refractivity contribution in [3.8, 4) is 5.75 Å². The molecule has 1 N–H and O–H groups in total. The summed E-state index contributed by atoms with van der Waals surface area (Å²) < 4.78 is 23.9. The lowest BCUT2D eigenvalue weighted by Gasteiger charge is -2.20. The van der Waals surface area contributed by atoms with E-state index in [9.17, 15) is 9.18 Å². The van der Waals surface area contributed by atoms with E-state index in [4.69, 9.17) is 21.1 Å². The summed E-state index contributed by atoms with van der Waals surface area (Å²) in [5, 5.41) is 2.29. The van der Waals surface area contributed by atoms with Crippen LogP contribution in [0, 0.1) is 5.82 Å². The fraction of sp³-hybridized carbons (Fsp3) is 0.462. The molecule has 1 aromatic carbocycles. The summed E-state index contributed by atoms with van der Waals surface area (Å²) in [5.74, 6) is -0.351. The highest BCUT2D eigenvalue weighted by atomic mass is 35.5. The highest BCUT2D eigenvalue weighted by molar-refractivity contribution is 6.35. The van der Waals surface area contributed by atoms with E-state index in [0.717, 1.165) is 0 Å². The summed E-state index contributed by atoms with van der Waals surface area (Å²) in [5.41, 5.74) is -0.827. The minimum absolute atomic E-state index is 0.00714. The topological polar surface area (TPSA) is 47.6 Å². The zero-order valence-corrected chi connectivity index (χ0v) is 12.1. The Labute approximate surface area is 116 Å². The van der Waals surface area contributed by atoms with Crippen LogP contribution in [0.4, 0.5) is 14.9 Å². The van der Waals surface area contributed by atoms with Crippen LogP contribution < -0.4 is 10.1 Å². The number of carbonyl (C=O) groups is 1. The molecule has 0 bridgehead atoms. The Morgan fingerprint density at radius 2 is 2.05 bits per heavy atom. The van der Waals surface area contributed by atoms with Crippen LogP contribution in [0.15, 0.2) is 12.1 Å². The minimum Gasteiger partial charge on any atom is -0.492 e. The zero-order valence-electron chi connectivity index (χ0n) is 11.3.